The van der Waals surface area contributed by atoms with Gasteiger partial charge in [-0.2, -0.15) is 0 Å². The molecule has 2 aromatic rings. The Morgan fingerprint density at radius 3 is 1.41 bits per heavy atom. The van der Waals surface area contributed by atoms with E-state index in [9.17, 15) is 20.1 Å². The Kier molecular flexibility index (Phi) is 9.55. The number of unbranched alkanes of at least 4 members (excludes halogenated alkanes) is 2. The van der Waals surface area contributed by atoms with Crippen LogP contribution in [0.25, 0.3) is 0 Å². The number of hydrogen-bond acceptors (Lipinski definition) is 6. The highest BCUT2D eigenvalue weighted by Crippen LogP contribution is 2.00. The van der Waals surface area contributed by atoms with Crippen LogP contribution in [0.15, 0.2) is 48.5 Å². The van der Waals surface area contributed by atoms with Crippen LogP contribution in [0.4, 0.5) is 0 Å². The van der Waals surface area contributed by atoms with E-state index in [1.807, 2.05) is 24.3 Å². The molecule has 0 amide bonds. The van der Waals surface area contributed by atoms with Gasteiger partial charge < -0.3 is 30.7 Å². The fourth-order valence-electron chi connectivity index (χ4n) is 3.02. The van der Waals surface area contributed by atoms with Gasteiger partial charge in [0.15, 0.2) is 0 Å². The fraction of sp³-hybridized carbons (Fsp3) is 0.368. The first-order valence-electron chi connectivity index (χ1n) is 9.39. The van der Waals surface area contributed by atoms with E-state index in [0.29, 0.717) is 24.0 Å². The first-order chi connectivity index (χ1) is 13.1. The second-order valence-corrected chi connectivity index (χ2v) is 6.56. The summed E-state index contributed by atoms with van der Waals surface area (Å²) >= 11 is 0. The Hall–Kier alpha value is -1.67. The molecule has 0 aliphatic carbocycles. The summed E-state index contributed by atoms with van der Waals surface area (Å²) in [6, 6.07) is 14.6. The molecule has 0 atom stereocenters. The number of benzene rings is 2. The number of nitrogens with one attached hydrogen (secondary N) is 2. The van der Waals surface area contributed by atoms with Gasteiger partial charge in [-0.1, -0.05) is 55.0 Å². The summed E-state index contributed by atoms with van der Waals surface area (Å²) in [6.45, 7) is 2.98. The molecule has 27 heavy (non-hydrogen) atoms. The van der Waals surface area contributed by atoms with Gasteiger partial charge in [-0.05, 0) is 48.0 Å². The summed E-state index contributed by atoms with van der Waals surface area (Å²) in [4.78, 5) is 0. The van der Waals surface area contributed by atoms with Gasteiger partial charge in [-0.15, -0.1) is 0 Å². The van der Waals surface area contributed by atoms with E-state index < -0.39 is 14.2 Å². The predicted molar refractivity (Wildman–Crippen MR) is 110 cm³/mol. The minimum atomic E-state index is -1.44. The Balaban J connectivity index is 1.56. The van der Waals surface area contributed by atoms with Crippen molar-refractivity contribution in [2.24, 2.45) is 0 Å². The summed E-state index contributed by atoms with van der Waals surface area (Å²) in [5.74, 6) is 0. The second-order valence-electron chi connectivity index (χ2n) is 6.56. The standard InChI is InChI=1S/C19H28B2N2O4/c24-20(25)18-10-4-2-8-16(18)14-22-12-6-1-7-13-23-15-17-9-3-5-11-19(17)21(26)27/h2-5,8-11,22-27H,1,6-7,12-15H2. The summed E-state index contributed by atoms with van der Waals surface area (Å²) in [5.41, 5.74) is 2.89. The van der Waals surface area contributed by atoms with Crippen LogP contribution in [0.3, 0.4) is 0 Å². The topological polar surface area (TPSA) is 105 Å². The normalized spacial score (nSPS) is 10.8. The fourth-order valence-corrected chi connectivity index (χ4v) is 3.02. The van der Waals surface area contributed by atoms with E-state index in [-0.39, 0.29) is 0 Å². The molecule has 0 aliphatic heterocycles. The molecule has 144 valence electrons. The van der Waals surface area contributed by atoms with Crippen LogP contribution in [-0.2, 0) is 13.1 Å². The largest absolute Gasteiger partial charge is 0.488 e. The van der Waals surface area contributed by atoms with Gasteiger partial charge in [0.2, 0.25) is 0 Å². The SMILES string of the molecule is OB(O)c1ccccc1CNCCCCCNCc1ccccc1B(O)O. The molecule has 2 aromatic carbocycles. The molecule has 2 rings (SSSR count). The first-order valence-corrected chi connectivity index (χ1v) is 9.39. The van der Waals surface area contributed by atoms with E-state index in [0.717, 1.165) is 43.5 Å². The number of hydrogen-bond donors (Lipinski definition) is 6. The lowest BCUT2D eigenvalue weighted by molar-refractivity contribution is 0.424. The van der Waals surface area contributed by atoms with Crippen LogP contribution in [0.1, 0.15) is 30.4 Å². The van der Waals surface area contributed by atoms with Crippen molar-refractivity contribution in [3.8, 4) is 0 Å². The van der Waals surface area contributed by atoms with E-state index in [1.54, 1.807) is 24.3 Å². The average Bonchev–Trinajstić information content (AvgIpc) is 2.67. The van der Waals surface area contributed by atoms with Crippen LogP contribution >= 0.6 is 0 Å². The first kappa shape index (κ1) is 21.6. The van der Waals surface area contributed by atoms with Crippen LogP contribution in [-0.4, -0.2) is 47.4 Å². The molecule has 0 spiro atoms. The Morgan fingerprint density at radius 1 is 0.593 bits per heavy atom. The van der Waals surface area contributed by atoms with Crippen molar-refractivity contribution in [3.63, 3.8) is 0 Å². The van der Waals surface area contributed by atoms with Crippen molar-refractivity contribution in [1.82, 2.24) is 10.6 Å². The third kappa shape index (κ3) is 7.46. The molecule has 6 N–H and O–H groups in total. The Morgan fingerprint density at radius 2 is 1.00 bits per heavy atom. The summed E-state index contributed by atoms with van der Waals surface area (Å²) in [6.07, 6.45) is 3.16. The van der Waals surface area contributed by atoms with Crippen LogP contribution in [0.5, 0.6) is 0 Å². The second kappa shape index (κ2) is 11.9. The zero-order valence-electron chi connectivity index (χ0n) is 15.5. The van der Waals surface area contributed by atoms with Gasteiger partial charge in [0.1, 0.15) is 0 Å². The zero-order valence-corrected chi connectivity index (χ0v) is 15.5. The molecule has 8 heteroatoms. The molecular formula is C19H28B2N2O4. The third-order valence-corrected chi connectivity index (χ3v) is 4.50. The van der Waals surface area contributed by atoms with E-state index >= 15 is 0 Å². The van der Waals surface area contributed by atoms with Crippen molar-refractivity contribution in [2.45, 2.75) is 32.4 Å². The average molecular weight is 370 g/mol. The molecule has 0 fully saturated rings. The van der Waals surface area contributed by atoms with Gasteiger partial charge in [0.25, 0.3) is 0 Å². The van der Waals surface area contributed by atoms with Gasteiger partial charge in [0.05, 0.1) is 0 Å². The minimum Gasteiger partial charge on any atom is -0.423 e. The molecule has 0 aliphatic rings. The quantitative estimate of drug-likeness (QED) is 0.214. The molecule has 0 aromatic heterocycles. The van der Waals surface area contributed by atoms with Crippen molar-refractivity contribution < 1.29 is 20.1 Å². The molecule has 0 heterocycles. The lowest BCUT2D eigenvalue weighted by Crippen LogP contribution is -2.34. The zero-order chi connectivity index (χ0) is 19.5. The predicted octanol–water partition coefficient (Wildman–Crippen LogP) is -0.904. The lowest BCUT2D eigenvalue weighted by atomic mass is 9.77. The van der Waals surface area contributed by atoms with Gasteiger partial charge in [-0.3, -0.25) is 0 Å². The van der Waals surface area contributed by atoms with Crippen molar-refractivity contribution >= 4 is 25.2 Å². The van der Waals surface area contributed by atoms with Gasteiger partial charge >= 0.3 is 14.2 Å². The van der Waals surface area contributed by atoms with Crippen LogP contribution < -0.4 is 21.6 Å². The smallest absolute Gasteiger partial charge is 0.423 e. The number of rotatable bonds is 12. The highest BCUT2D eigenvalue weighted by Gasteiger charge is 2.15. The Bertz CT molecular complexity index is 629. The van der Waals surface area contributed by atoms with E-state index in [1.165, 1.54) is 0 Å². The maximum Gasteiger partial charge on any atom is 0.488 e. The molecule has 0 bridgehead atoms. The monoisotopic (exact) mass is 370 g/mol. The lowest BCUT2D eigenvalue weighted by Gasteiger charge is -2.11. The van der Waals surface area contributed by atoms with E-state index in [4.69, 9.17) is 0 Å². The van der Waals surface area contributed by atoms with Crippen molar-refractivity contribution in [1.29, 1.82) is 0 Å². The van der Waals surface area contributed by atoms with Crippen LogP contribution in [0, 0.1) is 0 Å². The molecule has 0 saturated heterocycles. The molecule has 6 nitrogen and oxygen atoms in total. The maximum atomic E-state index is 9.35. The van der Waals surface area contributed by atoms with Crippen LogP contribution in [0.2, 0.25) is 0 Å². The summed E-state index contributed by atoms with van der Waals surface area (Å²) in [5, 5.41) is 44.1. The minimum absolute atomic E-state index is 0.544. The van der Waals surface area contributed by atoms with Gasteiger partial charge in [0, 0.05) is 13.1 Å². The van der Waals surface area contributed by atoms with Gasteiger partial charge in [-0.25, -0.2) is 0 Å². The summed E-state index contributed by atoms with van der Waals surface area (Å²) in [7, 11) is -2.88. The maximum absolute atomic E-state index is 9.35. The van der Waals surface area contributed by atoms with Crippen molar-refractivity contribution in [2.75, 3.05) is 13.1 Å². The highest BCUT2D eigenvalue weighted by atomic mass is 16.4. The summed E-state index contributed by atoms with van der Waals surface area (Å²) < 4.78 is 0. The molecule has 0 radical (unpaired) electrons. The Labute approximate surface area is 161 Å². The molecular weight excluding hydrogens is 342 g/mol. The molecule has 0 unspecified atom stereocenters. The van der Waals surface area contributed by atoms with E-state index in [2.05, 4.69) is 10.6 Å². The third-order valence-electron chi connectivity index (χ3n) is 4.50. The van der Waals surface area contributed by atoms with Crippen molar-refractivity contribution in [3.05, 3.63) is 59.7 Å². The molecule has 0 saturated carbocycles. The highest BCUT2D eigenvalue weighted by molar-refractivity contribution is 6.59.